The number of hydrogen-bond donors (Lipinski definition) is 2. The predicted molar refractivity (Wildman–Crippen MR) is 146 cm³/mol. The van der Waals surface area contributed by atoms with Gasteiger partial charge in [-0.2, -0.15) is 0 Å². The van der Waals surface area contributed by atoms with Crippen molar-refractivity contribution in [2.45, 2.75) is 25.7 Å². The molecule has 0 atom stereocenters. The molecule has 2 N–H and O–H groups in total. The number of carbonyl (C=O) groups is 1. The third-order valence-electron chi connectivity index (χ3n) is 6.19. The van der Waals surface area contributed by atoms with Crippen molar-refractivity contribution in [3.63, 3.8) is 0 Å². The smallest absolute Gasteiger partial charge is 0.248 e. The predicted octanol–water partition coefficient (Wildman–Crippen LogP) is 7.28. The van der Waals surface area contributed by atoms with Crippen LogP contribution in [-0.4, -0.2) is 18.0 Å². The maximum atomic E-state index is 12.6. The average molecular weight is 528 g/mol. The number of halogens is 1. The van der Waals surface area contributed by atoms with Gasteiger partial charge in [0.05, 0.1) is 24.0 Å². The lowest BCUT2D eigenvalue weighted by Crippen LogP contribution is -2.11. The van der Waals surface area contributed by atoms with Gasteiger partial charge in [0.15, 0.2) is 0 Å². The molecule has 0 radical (unpaired) electrons. The SMILES string of the molecule is COc1ccccc1Nc1c2c(nc3ccc(NC(=O)/C=C/c4ccc(Br)cc4)cc13)CCCC2. The number of nitrogens with zero attached hydrogens (tertiary/aromatic N) is 1. The summed E-state index contributed by atoms with van der Waals surface area (Å²) in [6, 6.07) is 21.6. The van der Waals surface area contributed by atoms with Crippen molar-refractivity contribution in [1.29, 1.82) is 0 Å². The monoisotopic (exact) mass is 527 g/mol. The first-order valence-electron chi connectivity index (χ1n) is 11.7. The van der Waals surface area contributed by atoms with Gasteiger partial charge in [0.1, 0.15) is 5.75 Å². The van der Waals surface area contributed by atoms with Crippen LogP contribution in [0.2, 0.25) is 0 Å². The number of aryl methyl sites for hydroxylation is 1. The Bertz CT molecular complexity index is 1410. The molecular weight excluding hydrogens is 502 g/mol. The van der Waals surface area contributed by atoms with E-state index in [9.17, 15) is 4.79 Å². The maximum absolute atomic E-state index is 12.6. The first-order chi connectivity index (χ1) is 17.1. The number of hydrogen-bond acceptors (Lipinski definition) is 4. The van der Waals surface area contributed by atoms with Crippen molar-refractivity contribution < 1.29 is 9.53 Å². The highest BCUT2D eigenvalue weighted by molar-refractivity contribution is 9.10. The number of amides is 1. The lowest BCUT2D eigenvalue weighted by atomic mass is 9.92. The number of fused-ring (bicyclic) bond motifs is 2. The summed E-state index contributed by atoms with van der Waals surface area (Å²) >= 11 is 3.43. The Labute approximate surface area is 213 Å². The van der Waals surface area contributed by atoms with Crippen LogP contribution < -0.4 is 15.4 Å². The highest BCUT2D eigenvalue weighted by Gasteiger charge is 2.19. The van der Waals surface area contributed by atoms with Gasteiger partial charge in [0, 0.05) is 27.3 Å². The average Bonchev–Trinajstić information content (AvgIpc) is 2.89. The molecule has 5 nitrogen and oxygen atoms in total. The number of para-hydroxylation sites is 2. The van der Waals surface area contributed by atoms with Crippen molar-refractivity contribution in [2.75, 3.05) is 17.7 Å². The molecule has 0 spiro atoms. The van der Waals surface area contributed by atoms with Crippen LogP contribution in [0.25, 0.3) is 17.0 Å². The molecule has 1 heterocycles. The maximum Gasteiger partial charge on any atom is 0.248 e. The second-order valence-corrected chi connectivity index (χ2v) is 9.47. The van der Waals surface area contributed by atoms with Crippen LogP contribution in [0.4, 0.5) is 17.1 Å². The molecule has 1 aliphatic carbocycles. The van der Waals surface area contributed by atoms with E-state index in [-0.39, 0.29) is 5.91 Å². The fraction of sp³-hybridized carbons (Fsp3) is 0.172. The molecule has 0 aliphatic heterocycles. The molecule has 1 aromatic heterocycles. The van der Waals surface area contributed by atoms with E-state index in [1.54, 1.807) is 19.3 Å². The van der Waals surface area contributed by atoms with Gasteiger partial charge in [-0.3, -0.25) is 9.78 Å². The molecule has 35 heavy (non-hydrogen) atoms. The molecule has 5 rings (SSSR count). The van der Waals surface area contributed by atoms with Gasteiger partial charge in [-0.15, -0.1) is 0 Å². The van der Waals surface area contributed by atoms with Crippen LogP contribution in [0.3, 0.4) is 0 Å². The van der Waals surface area contributed by atoms with Crippen LogP contribution in [0.15, 0.2) is 77.3 Å². The van der Waals surface area contributed by atoms with Gasteiger partial charge in [0.2, 0.25) is 5.91 Å². The molecule has 0 unspecified atom stereocenters. The molecular formula is C29H26BrN3O2. The van der Waals surface area contributed by atoms with Crippen LogP contribution >= 0.6 is 15.9 Å². The Kier molecular flexibility index (Phi) is 6.82. The molecule has 1 aliphatic rings. The minimum Gasteiger partial charge on any atom is -0.495 e. The topological polar surface area (TPSA) is 63.2 Å². The van der Waals surface area contributed by atoms with Crippen molar-refractivity contribution in [1.82, 2.24) is 4.98 Å². The number of pyridine rings is 1. The molecule has 6 heteroatoms. The molecule has 0 saturated carbocycles. The standard InChI is InChI=1S/C29H26BrN3O2/c1-35-27-9-5-4-8-26(27)33-29-22-6-2-3-7-24(22)32-25-16-15-21(18-23(25)29)31-28(34)17-12-19-10-13-20(30)14-11-19/h4-5,8-18H,2-3,6-7H2,1H3,(H,31,34)(H,32,33)/b17-12+. The third-order valence-corrected chi connectivity index (χ3v) is 6.72. The Balaban J connectivity index is 1.49. The number of methoxy groups -OCH3 is 1. The lowest BCUT2D eigenvalue weighted by Gasteiger charge is -2.22. The van der Waals surface area contributed by atoms with E-state index in [1.807, 2.05) is 66.7 Å². The lowest BCUT2D eigenvalue weighted by molar-refractivity contribution is -0.111. The van der Waals surface area contributed by atoms with Gasteiger partial charge >= 0.3 is 0 Å². The number of rotatable bonds is 6. The van der Waals surface area contributed by atoms with Gasteiger partial charge in [-0.25, -0.2) is 0 Å². The largest absolute Gasteiger partial charge is 0.495 e. The molecule has 0 fully saturated rings. The zero-order valence-electron chi connectivity index (χ0n) is 19.5. The van der Waals surface area contributed by atoms with Gasteiger partial charge in [-0.1, -0.05) is 40.2 Å². The van der Waals surface area contributed by atoms with E-state index in [0.29, 0.717) is 0 Å². The Morgan fingerprint density at radius 2 is 1.83 bits per heavy atom. The minimum atomic E-state index is -0.183. The summed E-state index contributed by atoms with van der Waals surface area (Å²) in [6.45, 7) is 0. The fourth-order valence-electron chi connectivity index (χ4n) is 4.46. The van der Waals surface area contributed by atoms with E-state index in [4.69, 9.17) is 9.72 Å². The summed E-state index contributed by atoms with van der Waals surface area (Å²) in [7, 11) is 1.68. The minimum absolute atomic E-state index is 0.183. The first-order valence-corrected chi connectivity index (χ1v) is 12.5. The molecule has 176 valence electrons. The van der Waals surface area contributed by atoms with Gasteiger partial charge in [-0.05, 0) is 85.4 Å². The molecule has 0 saturated heterocycles. The first kappa shape index (κ1) is 23.1. The second kappa shape index (κ2) is 10.3. The second-order valence-electron chi connectivity index (χ2n) is 8.55. The molecule has 4 aromatic rings. The zero-order valence-corrected chi connectivity index (χ0v) is 21.1. The van der Waals surface area contributed by atoms with Gasteiger partial charge < -0.3 is 15.4 Å². The quantitative estimate of drug-likeness (QED) is 0.258. The van der Waals surface area contributed by atoms with E-state index >= 15 is 0 Å². The van der Waals surface area contributed by atoms with Crippen molar-refractivity contribution >= 4 is 55.9 Å². The van der Waals surface area contributed by atoms with Crippen molar-refractivity contribution in [2.24, 2.45) is 0 Å². The van der Waals surface area contributed by atoms with Crippen molar-refractivity contribution in [3.05, 3.63) is 94.1 Å². The summed E-state index contributed by atoms with van der Waals surface area (Å²) in [5.41, 5.74) is 6.93. The summed E-state index contributed by atoms with van der Waals surface area (Å²) in [6.07, 6.45) is 7.59. The van der Waals surface area contributed by atoms with Gasteiger partial charge in [0.25, 0.3) is 0 Å². The summed E-state index contributed by atoms with van der Waals surface area (Å²) in [4.78, 5) is 17.6. The Morgan fingerprint density at radius 3 is 2.66 bits per heavy atom. The number of anilines is 3. The number of benzene rings is 3. The zero-order chi connectivity index (χ0) is 24.2. The highest BCUT2D eigenvalue weighted by Crippen LogP contribution is 2.38. The Morgan fingerprint density at radius 1 is 1.03 bits per heavy atom. The Hall–Kier alpha value is -3.64. The third kappa shape index (κ3) is 5.23. The fourth-order valence-corrected chi connectivity index (χ4v) is 4.72. The van der Waals surface area contributed by atoms with Crippen LogP contribution in [0, 0.1) is 0 Å². The molecule has 3 aromatic carbocycles. The number of carbonyl (C=O) groups excluding carboxylic acids is 1. The summed E-state index contributed by atoms with van der Waals surface area (Å²) in [5, 5.41) is 7.60. The van der Waals surface area contributed by atoms with E-state index in [1.165, 1.54) is 5.56 Å². The van der Waals surface area contributed by atoms with Crippen LogP contribution in [0.5, 0.6) is 5.75 Å². The summed E-state index contributed by atoms with van der Waals surface area (Å²) in [5.74, 6) is 0.599. The van der Waals surface area contributed by atoms with Crippen LogP contribution in [0.1, 0.15) is 29.7 Å². The highest BCUT2D eigenvalue weighted by atomic mass is 79.9. The molecule has 1 amide bonds. The number of nitrogens with one attached hydrogen (secondary N) is 2. The van der Waals surface area contributed by atoms with Crippen molar-refractivity contribution in [3.8, 4) is 5.75 Å². The summed E-state index contributed by atoms with van der Waals surface area (Å²) < 4.78 is 6.58. The van der Waals surface area contributed by atoms with E-state index < -0.39 is 0 Å². The number of ether oxygens (including phenoxy) is 1. The van der Waals surface area contributed by atoms with Crippen LogP contribution in [-0.2, 0) is 17.6 Å². The van der Waals surface area contributed by atoms with E-state index in [0.717, 1.165) is 75.1 Å². The normalized spacial score (nSPS) is 13.0. The van der Waals surface area contributed by atoms with E-state index in [2.05, 4.69) is 26.6 Å². The number of aromatic nitrogens is 1. The molecule has 0 bridgehead atoms.